The van der Waals surface area contributed by atoms with Crippen molar-refractivity contribution in [2.75, 3.05) is 19.5 Å². The Kier molecular flexibility index (Phi) is 5.26. The summed E-state index contributed by atoms with van der Waals surface area (Å²) >= 11 is 0. The number of ketones is 1. The van der Waals surface area contributed by atoms with Crippen LogP contribution in [0.15, 0.2) is 54.7 Å². The number of carbonyl (C=O) groups is 2. The lowest BCUT2D eigenvalue weighted by atomic mass is 10.1. The molecule has 0 atom stereocenters. The van der Waals surface area contributed by atoms with Gasteiger partial charge in [-0.15, -0.1) is 0 Å². The Morgan fingerprint density at radius 3 is 2.44 bits per heavy atom. The lowest BCUT2D eigenvalue weighted by Crippen LogP contribution is -2.14. The molecule has 2 aromatic carbocycles. The summed E-state index contributed by atoms with van der Waals surface area (Å²) in [5.41, 5.74) is 3.12. The van der Waals surface area contributed by atoms with Crippen molar-refractivity contribution in [3.05, 3.63) is 66.0 Å². The lowest BCUT2D eigenvalue weighted by Gasteiger charge is -2.14. The van der Waals surface area contributed by atoms with Gasteiger partial charge in [0.25, 0.3) is 5.91 Å². The van der Waals surface area contributed by atoms with E-state index in [1.807, 2.05) is 18.2 Å². The number of ether oxygens (including phenoxy) is 2. The van der Waals surface area contributed by atoms with E-state index >= 15 is 0 Å². The Labute approximate surface area is 157 Å². The van der Waals surface area contributed by atoms with Crippen LogP contribution < -0.4 is 14.8 Å². The minimum absolute atomic E-state index is 0.0520. The molecule has 6 heteroatoms. The molecule has 1 amide bonds. The number of aromatic nitrogens is 1. The Balaban J connectivity index is 1.95. The summed E-state index contributed by atoms with van der Waals surface area (Å²) in [6, 6.07) is 14.3. The zero-order valence-corrected chi connectivity index (χ0v) is 15.3. The fourth-order valence-electron chi connectivity index (χ4n) is 2.85. The molecule has 27 heavy (non-hydrogen) atoms. The molecular formula is C21H20N2O4. The molecule has 0 aliphatic rings. The predicted octanol–water partition coefficient (Wildman–Crippen LogP) is 4.15. The van der Waals surface area contributed by atoms with Crippen LogP contribution in [0.5, 0.6) is 11.5 Å². The van der Waals surface area contributed by atoms with Crippen LogP contribution in [-0.2, 0) is 0 Å². The van der Waals surface area contributed by atoms with Crippen molar-refractivity contribution in [2.24, 2.45) is 0 Å². The third-order valence-electron chi connectivity index (χ3n) is 4.20. The van der Waals surface area contributed by atoms with Crippen molar-refractivity contribution in [2.45, 2.75) is 6.92 Å². The van der Waals surface area contributed by atoms with Gasteiger partial charge in [-0.25, -0.2) is 0 Å². The maximum Gasteiger partial charge on any atom is 0.259 e. The standard InChI is InChI=1S/C21H20N2O4/c1-13(24)18-11-14(12-22-18)15-7-4-5-9-17(15)23-21(25)16-8-6-10-19(26-2)20(16)27-3/h4-12,22H,1-3H3,(H,23,25). The van der Waals surface area contributed by atoms with Gasteiger partial charge in [-0.1, -0.05) is 24.3 Å². The van der Waals surface area contributed by atoms with Crippen LogP contribution in [0.25, 0.3) is 11.1 Å². The zero-order valence-electron chi connectivity index (χ0n) is 15.3. The highest BCUT2D eigenvalue weighted by Crippen LogP contribution is 2.33. The van der Waals surface area contributed by atoms with Crippen LogP contribution in [0, 0.1) is 0 Å². The SMILES string of the molecule is COc1cccc(C(=O)Nc2ccccc2-c2c[nH]c(C(C)=O)c2)c1OC. The van der Waals surface area contributed by atoms with Gasteiger partial charge in [-0.3, -0.25) is 9.59 Å². The largest absolute Gasteiger partial charge is 0.493 e. The molecule has 0 saturated heterocycles. The number of aromatic amines is 1. The van der Waals surface area contributed by atoms with Gasteiger partial charge in [0.1, 0.15) is 0 Å². The number of rotatable bonds is 6. The molecule has 1 aromatic heterocycles. The Hall–Kier alpha value is -3.54. The molecule has 0 radical (unpaired) electrons. The van der Waals surface area contributed by atoms with Crippen LogP contribution in [0.3, 0.4) is 0 Å². The molecule has 1 heterocycles. The lowest BCUT2D eigenvalue weighted by molar-refractivity contribution is 0.100. The molecular weight excluding hydrogens is 344 g/mol. The van der Waals surface area contributed by atoms with Gasteiger partial charge in [-0.05, 0) is 24.3 Å². The number of benzene rings is 2. The van der Waals surface area contributed by atoms with Gasteiger partial charge < -0.3 is 19.8 Å². The van der Waals surface area contributed by atoms with E-state index in [-0.39, 0.29) is 11.7 Å². The van der Waals surface area contributed by atoms with Crippen molar-refractivity contribution >= 4 is 17.4 Å². The van der Waals surface area contributed by atoms with E-state index in [1.54, 1.807) is 36.5 Å². The quantitative estimate of drug-likeness (QED) is 0.644. The first-order valence-electron chi connectivity index (χ1n) is 8.36. The number of H-pyrrole nitrogens is 1. The van der Waals surface area contributed by atoms with E-state index in [2.05, 4.69) is 10.3 Å². The average Bonchev–Trinajstić information content (AvgIpc) is 3.18. The third-order valence-corrected chi connectivity index (χ3v) is 4.20. The van der Waals surface area contributed by atoms with E-state index < -0.39 is 0 Å². The monoisotopic (exact) mass is 364 g/mol. The average molecular weight is 364 g/mol. The zero-order chi connectivity index (χ0) is 19.4. The van der Waals surface area contributed by atoms with Crippen LogP contribution in [-0.4, -0.2) is 30.9 Å². The minimum Gasteiger partial charge on any atom is -0.493 e. The minimum atomic E-state index is -0.319. The van der Waals surface area contributed by atoms with E-state index in [1.165, 1.54) is 21.1 Å². The highest BCUT2D eigenvalue weighted by atomic mass is 16.5. The first-order valence-corrected chi connectivity index (χ1v) is 8.36. The van der Waals surface area contributed by atoms with E-state index in [0.717, 1.165) is 11.1 Å². The maximum atomic E-state index is 12.9. The van der Waals surface area contributed by atoms with Crippen LogP contribution in [0.2, 0.25) is 0 Å². The van der Waals surface area contributed by atoms with Crippen LogP contribution in [0.4, 0.5) is 5.69 Å². The molecule has 0 fully saturated rings. The fourth-order valence-corrected chi connectivity index (χ4v) is 2.85. The number of para-hydroxylation sites is 2. The number of carbonyl (C=O) groups excluding carboxylic acids is 2. The molecule has 2 N–H and O–H groups in total. The highest BCUT2D eigenvalue weighted by molar-refractivity contribution is 6.08. The number of amides is 1. The smallest absolute Gasteiger partial charge is 0.259 e. The highest BCUT2D eigenvalue weighted by Gasteiger charge is 2.18. The first kappa shape index (κ1) is 18.3. The fraction of sp³-hybridized carbons (Fsp3) is 0.143. The maximum absolute atomic E-state index is 12.9. The molecule has 0 bridgehead atoms. The number of hydrogen-bond donors (Lipinski definition) is 2. The van der Waals surface area contributed by atoms with Crippen molar-refractivity contribution < 1.29 is 19.1 Å². The Morgan fingerprint density at radius 1 is 1.00 bits per heavy atom. The molecule has 0 unspecified atom stereocenters. The molecule has 3 rings (SSSR count). The number of Topliss-reactive ketones (excluding diaryl/α,β-unsaturated/α-hetero) is 1. The summed E-state index contributed by atoms with van der Waals surface area (Å²) in [5.74, 6) is 0.482. The molecule has 138 valence electrons. The molecule has 0 saturated carbocycles. The van der Waals surface area contributed by atoms with Crippen molar-refractivity contribution in [3.8, 4) is 22.6 Å². The molecule has 3 aromatic rings. The topological polar surface area (TPSA) is 80.4 Å². The summed E-state index contributed by atoms with van der Waals surface area (Å²) in [7, 11) is 3.01. The Bertz CT molecular complexity index is 991. The van der Waals surface area contributed by atoms with E-state index in [9.17, 15) is 9.59 Å². The number of hydrogen-bond acceptors (Lipinski definition) is 4. The number of methoxy groups -OCH3 is 2. The van der Waals surface area contributed by atoms with Crippen molar-refractivity contribution in [3.63, 3.8) is 0 Å². The summed E-state index contributed by atoms with van der Waals surface area (Å²) in [4.78, 5) is 27.3. The van der Waals surface area contributed by atoms with Crippen LogP contribution >= 0.6 is 0 Å². The summed E-state index contributed by atoms with van der Waals surface area (Å²) in [5, 5.41) is 2.92. The molecule has 0 aliphatic heterocycles. The van der Waals surface area contributed by atoms with E-state index in [0.29, 0.717) is 28.4 Å². The molecule has 0 aliphatic carbocycles. The summed E-state index contributed by atoms with van der Waals surface area (Å²) in [6.45, 7) is 1.50. The van der Waals surface area contributed by atoms with E-state index in [4.69, 9.17) is 9.47 Å². The summed E-state index contributed by atoms with van der Waals surface area (Å²) < 4.78 is 10.6. The predicted molar refractivity (Wildman–Crippen MR) is 104 cm³/mol. The summed E-state index contributed by atoms with van der Waals surface area (Å²) in [6.07, 6.45) is 1.74. The normalized spacial score (nSPS) is 10.3. The van der Waals surface area contributed by atoms with Gasteiger partial charge in [0, 0.05) is 29.9 Å². The number of nitrogens with one attached hydrogen (secondary N) is 2. The van der Waals surface area contributed by atoms with Crippen molar-refractivity contribution in [1.82, 2.24) is 4.98 Å². The molecule has 6 nitrogen and oxygen atoms in total. The second kappa shape index (κ2) is 7.78. The first-order chi connectivity index (χ1) is 13.0. The van der Waals surface area contributed by atoms with Gasteiger partial charge in [0.05, 0.1) is 25.5 Å². The van der Waals surface area contributed by atoms with Crippen LogP contribution in [0.1, 0.15) is 27.8 Å². The van der Waals surface area contributed by atoms with Gasteiger partial charge in [0.2, 0.25) is 0 Å². The van der Waals surface area contributed by atoms with Gasteiger partial charge >= 0.3 is 0 Å². The second-order valence-corrected chi connectivity index (χ2v) is 5.90. The van der Waals surface area contributed by atoms with Crippen molar-refractivity contribution in [1.29, 1.82) is 0 Å². The number of anilines is 1. The second-order valence-electron chi connectivity index (χ2n) is 5.90. The van der Waals surface area contributed by atoms with Gasteiger partial charge in [0.15, 0.2) is 17.3 Å². The molecule has 0 spiro atoms. The Morgan fingerprint density at radius 2 is 1.78 bits per heavy atom. The van der Waals surface area contributed by atoms with Gasteiger partial charge in [-0.2, -0.15) is 0 Å². The third kappa shape index (κ3) is 3.69.